The van der Waals surface area contributed by atoms with Crippen LogP contribution < -0.4 is 4.90 Å². The minimum atomic E-state index is 0.0247. The van der Waals surface area contributed by atoms with Crippen LogP contribution in [0.15, 0.2) is 60.7 Å². The van der Waals surface area contributed by atoms with Crippen LogP contribution in [-0.2, 0) is 0 Å². The zero-order valence-corrected chi connectivity index (χ0v) is 14.1. The molecule has 0 radical (unpaired) electrons. The highest BCUT2D eigenvalue weighted by Gasteiger charge is 2.06. The van der Waals surface area contributed by atoms with Crippen LogP contribution in [0.4, 0.5) is 5.69 Å². The highest BCUT2D eigenvalue weighted by Crippen LogP contribution is 2.16. The summed E-state index contributed by atoms with van der Waals surface area (Å²) < 4.78 is 0. The number of likely N-dealkylation sites (N-methyl/N-ethyl adjacent to an activating group) is 2. The van der Waals surface area contributed by atoms with Gasteiger partial charge >= 0.3 is 0 Å². The Hall–Kier alpha value is -2.39. The van der Waals surface area contributed by atoms with E-state index in [0.29, 0.717) is 5.56 Å². The number of ketones is 1. The molecule has 0 unspecified atom stereocenters. The van der Waals surface area contributed by atoms with Gasteiger partial charge in [-0.25, -0.2) is 0 Å². The maximum absolute atomic E-state index is 12.3. The number of anilines is 1. The fraction of sp³-hybridized carbons (Fsp3) is 0.250. The lowest BCUT2D eigenvalue weighted by Crippen LogP contribution is -2.28. The molecule has 0 aromatic heterocycles. The fourth-order valence-electron chi connectivity index (χ4n) is 2.21. The van der Waals surface area contributed by atoms with Crippen molar-refractivity contribution in [3.63, 3.8) is 0 Å². The van der Waals surface area contributed by atoms with Crippen LogP contribution in [0.5, 0.6) is 0 Å². The van der Waals surface area contributed by atoms with E-state index in [1.807, 2.05) is 67.7 Å². The molecule has 0 saturated heterocycles. The second kappa shape index (κ2) is 8.30. The summed E-state index contributed by atoms with van der Waals surface area (Å²) in [6, 6.07) is 17.6. The van der Waals surface area contributed by atoms with Gasteiger partial charge in [0.25, 0.3) is 0 Å². The van der Waals surface area contributed by atoms with E-state index < -0.39 is 0 Å². The number of nitrogens with zero attached hydrogens (tertiary/aromatic N) is 2. The minimum Gasteiger partial charge on any atom is -0.373 e. The van der Waals surface area contributed by atoms with E-state index in [2.05, 4.69) is 23.9 Å². The van der Waals surface area contributed by atoms with Gasteiger partial charge in [-0.2, -0.15) is 0 Å². The molecule has 0 amide bonds. The predicted molar refractivity (Wildman–Crippen MR) is 98.1 cm³/mol. The molecule has 120 valence electrons. The Bertz CT molecular complexity index is 662. The van der Waals surface area contributed by atoms with E-state index in [1.54, 1.807) is 6.08 Å². The molecule has 0 spiro atoms. The van der Waals surface area contributed by atoms with Crippen molar-refractivity contribution in [2.75, 3.05) is 39.1 Å². The molecule has 23 heavy (non-hydrogen) atoms. The van der Waals surface area contributed by atoms with Crippen molar-refractivity contribution in [2.45, 2.75) is 0 Å². The first-order valence-electron chi connectivity index (χ1n) is 7.79. The molecular weight excluding hydrogens is 284 g/mol. The Morgan fingerprint density at radius 2 is 1.70 bits per heavy atom. The smallest absolute Gasteiger partial charge is 0.185 e. The van der Waals surface area contributed by atoms with Gasteiger partial charge in [-0.15, -0.1) is 0 Å². The van der Waals surface area contributed by atoms with Gasteiger partial charge in [0.2, 0.25) is 0 Å². The molecule has 2 rings (SSSR count). The molecule has 0 bridgehead atoms. The quantitative estimate of drug-likeness (QED) is 0.577. The zero-order valence-electron chi connectivity index (χ0n) is 14.1. The van der Waals surface area contributed by atoms with Crippen molar-refractivity contribution in [3.05, 3.63) is 71.8 Å². The van der Waals surface area contributed by atoms with Gasteiger partial charge < -0.3 is 9.80 Å². The molecular formula is C20H24N2O. The second-order valence-corrected chi connectivity index (χ2v) is 5.88. The average Bonchev–Trinajstić information content (AvgIpc) is 2.58. The van der Waals surface area contributed by atoms with E-state index in [1.165, 1.54) is 0 Å². The lowest BCUT2D eigenvalue weighted by molar-refractivity contribution is 0.104. The van der Waals surface area contributed by atoms with Gasteiger partial charge in [0.1, 0.15) is 0 Å². The van der Waals surface area contributed by atoms with Crippen molar-refractivity contribution in [3.8, 4) is 0 Å². The molecule has 3 nitrogen and oxygen atoms in total. The summed E-state index contributed by atoms with van der Waals surface area (Å²) in [5.74, 6) is 0.0247. The number of rotatable bonds is 7. The van der Waals surface area contributed by atoms with Gasteiger partial charge in [-0.3, -0.25) is 4.79 Å². The summed E-state index contributed by atoms with van der Waals surface area (Å²) >= 11 is 0. The van der Waals surface area contributed by atoms with E-state index in [4.69, 9.17) is 0 Å². The normalized spacial score (nSPS) is 11.1. The summed E-state index contributed by atoms with van der Waals surface area (Å²) in [5, 5.41) is 0. The van der Waals surface area contributed by atoms with Gasteiger partial charge in [-0.1, -0.05) is 48.5 Å². The fourth-order valence-corrected chi connectivity index (χ4v) is 2.21. The molecule has 0 aliphatic carbocycles. The molecule has 0 N–H and O–H groups in total. The summed E-state index contributed by atoms with van der Waals surface area (Å²) in [7, 11) is 6.16. The summed E-state index contributed by atoms with van der Waals surface area (Å²) in [6.07, 6.45) is 3.49. The predicted octanol–water partition coefficient (Wildman–Crippen LogP) is 3.58. The lowest BCUT2D eigenvalue weighted by Gasteiger charge is -2.21. The molecule has 0 fully saturated rings. The van der Waals surface area contributed by atoms with Crippen LogP contribution >= 0.6 is 0 Å². The Kier molecular flexibility index (Phi) is 6.12. The monoisotopic (exact) mass is 308 g/mol. The molecule has 0 heterocycles. The molecule has 3 heteroatoms. The maximum Gasteiger partial charge on any atom is 0.185 e. The minimum absolute atomic E-state index is 0.0247. The van der Waals surface area contributed by atoms with Crippen LogP contribution in [0, 0.1) is 0 Å². The first-order valence-corrected chi connectivity index (χ1v) is 7.79. The summed E-state index contributed by atoms with van der Waals surface area (Å²) in [6.45, 7) is 1.90. The van der Waals surface area contributed by atoms with Crippen LogP contribution in [0.3, 0.4) is 0 Å². The third-order valence-corrected chi connectivity index (χ3v) is 3.68. The van der Waals surface area contributed by atoms with Crippen molar-refractivity contribution in [1.29, 1.82) is 0 Å². The summed E-state index contributed by atoms with van der Waals surface area (Å²) in [5.41, 5.74) is 2.80. The Labute approximate surface area is 138 Å². The Morgan fingerprint density at radius 3 is 2.39 bits per heavy atom. The number of carbonyl (C=O) groups excluding carboxylic acids is 1. The first kappa shape index (κ1) is 17.0. The SMILES string of the molecule is CN(C)CCN(C)c1cccc(C(=O)/C=C/c2ccccc2)c1. The lowest BCUT2D eigenvalue weighted by atomic mass is 10.1. The van der Waals surface area contributed by atoms with Crippen molar-refractivity contribution >= 4 is 17.5 Å². The number of benzene rings is 2. The number of carbonyl (C=O) groups is 1. The van der Waals surface area contributed by atoms with E-state index >= 15 is 0 Å². The highest BCUT2D eigenvalue weighted by atomic mass is 16.1. The zero-order chi connectivity index (χ0) is 16.7. The van der Waals surface area contributed by atoms with Crippen LogP contribution in [0.25, 0.3) is 6.08 Å². The first-order chi connectivity index (χ1) is 11.1. The number of hydrogen-bond acceptors (Lipinski definition) is 3. The molecule has 0 aliphatic rings. The van der Waals surface area contributed by atoms with E-state index in [0.717, 1.165) is 24.3 Å². The van der Waals surface area contributed by atoms with Crippen molar-refractivity contribution < 1.29 is 4.79 Å². The molecule has 0 saturated carbocycles. The number of allylic oxidation sites excluding steroid dienone is 1. The van der Waals surface area contributed by atoms with Gasteiger partial charge in [0, 0.05) is 31.4 Å². The standard InChI is InChI=1S/C20H24N2O/c1-21(2)14-15-22(3)19-11-7-10-18(16-19)20(23)13-12-17-8-5-4-6-9-17/h4-13,16H,14-15H2,1-3H3/b13-12+. The van der Waals surface area contributed by atoms with Gasteiger partial charge in [-0.05, 0) is 37.9 Å². The van der Waals surface area contributed by atoms with Crippen molar-refractivity contribution in [1.82, 2.24) is 4.90 Å². The van der Waals surface area contributed by atoms with Crippen LogP contribution in [0.2, 0.25) is 0 Å². The maximum atomic E-state index is 12.3. The van der Waals surface area contributed by atoms with Crippen LogP contribution in [0.1, 0.15) is 15.9 Å². The third-order valence-electron chi connectivity index (χ3n) is 3.68. The van der Waals surface area contributed by atoms with E-state index in [9.17, 15) is 4.79 Å². The number of hydrogen-bond donors (Lipinski definition) is 0. The Morgan fingerprint density at radius 1 is 0.957 bits per heavy atom. The van der Waals surface area contributed by atoms with Crippen LogP contribution in [-0.4, -0.2) is 44.9 Å². The van der Waals surface area contributed by atoms with Gasteiger partial charge in [0.05, 0.1) is 0 Å². The molecule has 0 atom stereocenters. The molecule has 0 aliphatic heterocycles. The molecule has 2 aromatic rings. The van der Waals surface area contributed by atoms with Gasteiger partial charge in [0.15, 0.2) is 5.78 Å². The van der Waals surface area contributed by atoms with E-state index in [-0.39, 0.29) is 5.78 Å². The largest absolute Gasteiger partial charge is 0.373 e. The Balaban J connectivity index is 2.06. The summed E-state index contributed by atoms with van der Waals surface area (Å²) in [4.78, 5) is 16.7. The third kappa shape index (κ3) is 5.38. The second-order valence-electron chi connectivity index (χ2n) is 5.88. The average molecular weight is 308 g/mol. The molecule has 2 aromatic carbocycles. The highest BCUT2D eigenvalue weighted by molar-refractivity contribution is 6.07. The van der Waals surface area contributed by atoms with Crippen molar-refractivity contribution in [2.24, 2.45) is 0 Å². The topological polar surface area (TPSA) is 23.6 Å².